The molecule has 1 aromatic heterocycles. The topological polar surface area (TPSA) is 101 Å². The highest BCUT2D eigenvalue weighted by atomic mass is 19.1. The Hall–Kier alpha value is -4.24. The molecule has 180 valence electrons. The molecular weight excluding hydrogens is 449 g/mol. The number of aromatic nitrogens is 2. The average Bonchev–Trinajstić information content (AvgIpc) is 3.25. The number of fused-ring (bicyclic) bond motifs is 1. The van der Waals surface area contributed by atoms with E-state index in [9.17, 15) is 9.18 Å². The average molecular weight is 476 g/mol. The number of carbonyl (C=O) groups excluding carboxylic acids is 1. The lowest BCUT2D eigenvalue weighted by Crippen LogP contribution is -2.37. The van der Waals surface area contributed by atoms with Crippen molar-refractivity contribution in [3.63, 3.8) is 0 Å². The SMILES string of the molecule is COCC(C)N=C(NC(=O)c1ccc(OCc2ccccc2)cc1)Nc1n[nH]c2cc(F)ccc12. The van der Waals surface area contributed by atoms with Crippen LogP contribution in [0.15, 0.2) is 77.8 Å². The molecule has 0 bridgehead atoms. The number of rotatable bonds is 8. The van der Waals surface area contributed by atoms with E-state index in [0.717, 1.165) is 5.56 Å². The molecule has 1 amide bonds. The largest absolute Gasteiger partial charge is 0.489 e. The lowest BCUT2D eigenvalue weighted by atomic mass is 10.2. The summed E-state index contributed by atoms with van der Waals surface area (Å²) in [5, 5.41) is 13.4. The molecule has 3 N–H and O–H groups in total. The van der Waals surface area contributed by atoms with Gasteiger partial charge in [0.05, 0.1) is 18.2 Å². The van der Waals surface area contributed by atoms with Crippen molar-refractivity contribution in [3.8, 4) is 5.75 Å². The second-order valence-corrected chi connectivity index (χ2v) is 7.92. The minimum atomic E-state index is -0.375. The van der Waals surface area contributed by atoms with Gasteiger partial charge in [-0.05, 0) is 55.0 Å². The fourth-order valence-corrected chi connectivity index (χ4v) is 3.42. The molecule has 8 nitrogen and oxygen atoms in total. The van der Waals surface area contributed by atoms with E-state index in [0.29, 0.717) is 41.2 Å². The van der Waals surface area contributed by atoms with Gasteiger partial charge >= 0.3 is 0 Å². The first-order valence-electron chi connectivity index (χ1n) is 11.1. The van der Waals surface area contributed by atoms with Crippen LogP contribution in [0.2, 0.25) is 0 Å². The zero-order valence-corrected chi connectivity index (χ0v) is 19.4. The van der Waals surface area contributed by atoms with Gasteiger partial charge in [-0.3, -0.25) is 15.2 Å². The van der Waals surface area contributed by atoms with Crippen LogP contribution in [0.5, 0.6) is 5.75 Å². The molecule has 0 radical (unpaired) electrons. The fraction of sp³-hybridized carbons (Fsp3) is 0.192. The van der Waals surface area contributed by atoms with Crippen LogP contribution in [0.3, 0.4) is 0 Å². The third kappa shape index (κ3) is 6.42. The van der Waals surface area contributed by atoms with Crippen LogP contribution in [0.1, 0.15) is 22.8 Å². The Bertz CT molecular complexity index is 1310. The first kappa shape index (κ1) is 23.9. The molecular formula is C26H26FN5O3. The number of carbonyl (C=O) groups is 1. The quantitative estimate of drug-likeness (QED) is 0.257. The van der Waals surface area contributed by atoms with Gasteiger partial charge in [-0.25, -0.2) is 9.38 Å². The van der Waals surface area contributed by atoms with Gasteiger partial charge in [0, 0.05) is 18.1 Å². The van der Waals surface area contributed by atoms with Gasteiger partial charge in [0.1, 0.15) is 18.2 Å². The molecule has 0 spiro atoms. The Morgan fingerprint density at radius 2 is 1.89 bits per heavy atom. The maximum absolute atomic E-state index is 13.5. The number of guanidine groups is 1. The van der Waals surface area contributed by atoms with Crippen molar-refractivity contribution in [1.29, 1.82) is 0 Å². The summed E-state index contributed by atoms with van der Waals surface area (Å²) in [6.45, 7) is 2.65. The molecule has 1 heterocycles. The number of amides is 1. The third-order valence-corrected chi connectivity index (χ3v) is 5.12. The smallest absolute Gasteiger partial charge is 0.257 e. The van der Waals surface area contributed by atoms with Crippen molar-refractivity contribution in [1.82, 2.24) is 15.5 Å². The van der Waals surface area contributed by atoms with E-state index < -0.39 is 0 Å². The lowest BCUT2D eigenvalue weighted by Gasteiger charge is -2.13. The molecule has 35 heavy (non-hydrogen) atoms. The number of methoxy groups -OCH3 is 1. The van der Waals surface area contributed by atoms with Crippen LogP contribution in [0.25, 0.3) is 10.9 Å². The van der Waals surface area contributed by atoms with Crippen LogP contribution < -0.4 is 15.4 Å². The van der Waals surface area contributed by atoms with E-state index in [1.54, 1.807) is 37.4 Å². The highest BCUT2D eigenvalue weighted by Crippen LogP contribution is 2.21. The van der Waals surface area contributed by atoms with E-state index in [1.165, 1.54) is 12.1 Å². The molecule has 1 unspecified atom stereocenters. The summed E-state index contributed by atoms with van der Waals surface area (Å²) < 4.78 is 24.5. The van der Waals surface area contributed by atoms with Gasteiger partial charge in [-0.2, -0.15) is 5.10 Å². The summed E-state index contributed by atoms with van der Waals surface area (Å²) in [5.41, 5.74) is 2.01. The highest BCUT2D eigenvalue weighted by molar-refractivity contribution is 6.11. The van der Waals surface area contributed by atoms with Crippen LogP contribution in [-0.2, 0) is 11.3 Å². The van der Waals surface area contributed by atoms with Crippen LogP contribution in [0, 0.1) is 5.82 Å². The molecule has 3 aromatic carbocycles. The summed E-state index contributed by atoms with van der Waals surface area (Å²) in [7, 11) is 1.58. The Morgan fingerprint density at radius 1 is 1.11 bits per heavy atom. The van der Waals surface area contributed by atoms with Crippen molar-refractivity contribution < 1.29 is 18.7 Å². The van der Waals surface area contributed by atoms with E-state index in [-0.39, 0.29) is 23.7 Å². The molecule has 0 saturated heterocycles. The van der Waals surface area contributed by atoms with E-state index >= 15 is 0 Å². The minimum Gasteiger partial charge on any atom is -0.489 e. The Balaban J connectivity index is 1.46. The van der Waals surface area contributed by atoms with Gasteiger partial charge in [0.15, 0.2) is 5.82 Å². The first-order valence-corrected chi connectivity index (χ1v) is 11.1. The van der Waals surface area contributed by atoms with Crippen LogP contribution in [0.4, 0.5) is 10.2 Å². The van der Waals surface area contributed by atoms with Crippen LogP contribution >= 0.6 is 0 Å². The zero-order chi connectivity index (χ0) is 24.6. The number of nitrogens with one attached hydrogen (secondary N) is 3. The number of ether oxygens (including phenoxy) is 2. The normalized spacial score (nSPS) is 12.4. The number of aromatic amines is 1. The molecule has 4 rings (SSSR count). The Morgan fingerprint density at radius 3 is 2.63 bits per heavy atom. The van der Waals surface area contributed by atoms with Gasteiger partial charge < -0.3 is 14.8 Å². The summed E-state index contributed by atoms with van der Waals surface area (Å²) in [6.07, 6.45) is 0. The predicted octanol–water partition coefficient (Wildman–Crippen LogP) is 4.51. The van der Waals surface area contributed by atoms with Crippen molar-refractivity contribution in [2.24, 2.45) is 4.99 Å². The van der Waals surface area contributed by atoms with Gasteiger partial charge in [0.2, 0.25) is 5.96 Å². The molecule has 0 aliphatic carbocycles. The zero-order valence-electron chi connectivity index (χ0n) is 19.4. The second-order valence-electron chi connectivity index (χ2n) is 7.92. The monoisotopic (exact) mass is 475 g/mol. The van der Waals surface area contributed by atoms with E-state index in [4.69, 9.17) is 9.47 Å². The van der Waals surface area contributed by atoms with Gasteiger partial charge in [-0.1, -0.05) is 30.3 Å². The molecule has 1 atom stereocenters. The lowest BCUT2D eigenvalue weighted by molar-refractivity contribution is 0.0976. The molecule has 0 saturated carbocycles. The summed E-state index contributed by atoms with van der Waals surface area (Å²) in [5.74, 6) is 0.525. The van der Waals surface area contributed by atoms with Crippen molar-refractivity contribution in [2.75, 3.05) is 19.0 Å². The van der Waals surface area contributed by atoms with E-state index in [1.807, 2.05) is 37.3 Å². The highest BCUT2D eigenvalue weighted by Gasteiger charge is 2.14. The Labute approximate surface area is 202 Å². The fourth-order valence-electron chi connectivity index (χ4n) is 3.42. The minimum absolute atomic E-state index is 0.196. The second kappa shape index (κ2) is 11.3. The number of hydrogen-bond donors (Lipinski definition) is 3. The molecule has 0 aliphatic heterocycles. The molecule has 0 fully saturated rings. The summed E-state index contributed by atoms with van der Waals surface area (Å²) in [6, 6.07) is 20.7. The van der Waals surface area contributed by atoms with Gasteiger partial charge in [-0.15, -0.1) is 0 Å². The van der Waals surface area contributed by atoms with Crippen LogP contribution in [-0.4, -0.2) is 41.8 Å². The maximum atomic E-state index is 13.5. The number of aliphatic imine (C=N–C) groups is 1. The number of H-pyrrole nitrogens is 1. The molecule has 9 heteroatoms. The number of nitrogens with zero attached hydrogens (tertiary/aromatic N) is 2. The third-order valence-electron chi connectivity index (χ3n) is 5.12. The molecule has 4 aromatic rings. The predicted molar refractivity (Wildman–Crippen MR) is 133 cm³/mol. The van der Waals surface area contributed by atoms with Gasteiger partial charge in [0.25, 0.3) is 5.91 Å². The Kier molecular flexibility index (Phi) is 7.69. The standard InChI is InChI=1S/C26H26FN5O3/c1-17(15-34-2)28-26(29-24-22-13-10-20(27)14-23(22)31-32-24)30-25(33)19-8-11-21(12-9-19)35-16-18-6-4-3-5-7-18/h3-14,17H,15-16H2,1-2H3,(H3,28,29,30,31,32,33). The number of hydrogen-bond acceptors (Lipinski definition) is 5. The van der Waals surface area contributed by atoms with Crippen molar-refractivity contribution >= 4 is 28.6 Å². The number of halogens is 1. The number of benzene rings is 3. The summed E-state index contributed by atoms with van der Waals surface area (Å²) in [4.78, 5) is 17.4. The van der Waals surface area contributed by atoms with Crippen molar-refractivity contribution in [3.05, 3.63) is 89.7 Å². The molecule has 0 aliphatic rings. The first-order chi connectivity index (χ1) is 17.0. The summed E-state index contributed by atoms with van der Waals surface area (Å²) >= 11 is 0. The number of anilines is 1. The van der Waals surface area contributed by atoms with E-state index in [2.05, 4.69) is 25.8 Å². The van der Waals surface area contributed by atoms with Crippen molar-refractivity contribution in [2.45, 2.75) is 19.6 Å². The maximum Gasteiger partial charge on any atom is 0.257 e.